The maximum atomic E-state index is 5.23. The van der Waals surface area contributed by atoms with Crippen molar-refractivity contribution < 1.29 is 0 Å². The molecule has 0 spiro atoms. The Labute approximate surface area is 96.0 Å². The highest BCUT2D eigenvalue weighted by Crippen LogP contribution is 2.13. The number of hydrogen-bond donors (Lipinski definition) is 1. The fraction of sp³-hybridized carbons (Fsp3) is 0.857. The van der Waals surface area contributed by atoms with Crippen LogP contribution >= 0.6 is 0 Å². The van der Waals surface area contributed by atoms with Gasteiger partial charge in [-0.15, -0.1) is 12.3 Å². The van der Waals surface area contributed by atoms with Crippen LogP contribution in [-0.2, 0) is 0 Å². The molecular weight excluding hydrogens is 182 g/mol. The van der Waals surface area contributed by atoms with Crippen LogP contribution < -0.4 is 5.32 Å². The molecule has 0 aromatic rings. The van der Waals surface area contributed by atoms with Crippen LogP contribution in [-0.4, -0.2) is 12.6 Å². The molecule has 0 fully saturated rings. The zero-order valence-electron chi connectivity index (χ0n) is 10.8. The molecule has 0 rings (SSSR count). The fourth-order valence-electron chi connectivity index (χ4n) is 1.90. The highest BCUT2D eigenvalue weighted by Gasteiger charge is 2.11. The van der Waals surface area contributed by atoms with Crippen molar-refractivity contribution in [3.63, 3.8) is 0 Å². The number of nitrogens with one attached hydrogen (secondary N) is 1. The van der Waals surface area contributed by atoms with Crippen molar-refractivity contribution in [3.05, 3.63) is 0 Å². The third-order valence-electron chi connectivity index (χ3n) is 2.44. The Morgan fingerprint density at radius 2 is 1.60 bits per heavy atom. The summed E-state index contributed by atoms with van der Waals surface area (Å²) in [6.07, 6.45) is 9.77. The van der Waals surface area contributed by atoms with Gasteiger partial charge in [-0.05, 0) is 37.6 Å². The monoisotopic (exact) mass is 209 g/mol. The molecule has 0 aliphatic carbocycles. The van der Waals surface area contributed by atoms with Crippen molar-refractivity contribution in [2.45, 2.75) is 59.4 Å². The second-order valence-electron chi connectivity index (χ2n) is 5.22. The lowest BCUT2D eigenvalue weighted by atomic mass is 9.95. The molecular formula is C14H27N. The first-order chi connectivity index (χ1) is 7.06. The SMILES string of the molecule is C#CCCCNC(CC(C)C)CC(C)C. The predicted octanol–water partition coefficient (Wildman–Crippen LogP) is 3.45. The molecule has 0 aromatic carbocycles. The Morgan fingerprint density at radius 3 is 2.00 bits per heavy atom. The van der Waals surface area contributed by atoms with Crippen LogP contribution in [0.5, 0.6) is 0 Å². The second kappa shape index (κ2) is 8.80. The Morgan fingerprint density at radius 1 is 1.07 bits per heavy atom. The largest absolute Gasteiger partial charge is 0.314 e. The minimum absolute atomic E-state index is 0.669. The van der Waals surface area contributed by atoms with E-state index in [1.807, 2.05) is 0 Å². The minimum Gasteiger partial charge on any atom is -0.314 e. The van der Waals surface area contributed by atoms with E-state index in [-0.39, 0.29) is 0 Å². The van der Waals surface area contributed by atoms with E-state index >= 15 is 0 Å². The van der Waals surface area contributed by atoms with Crippen LogP contribution in [0.1, 0.15) is 53.4 Å². The minimum atomic E-state index is 0.669. The average molecular weight is 209 g/mol. The molecule has 1 N–H and O–H groups in total. The molecule has 1 heteroatoms. The maximum absolute atomic E-state index is 5.23. The van der Waals surface area contributed by atoms with Crippen LogP contribution in [0.15, 0.2) is 0 Å². The van der Waals surface area contributed by atoms with Crippen molar-refractivity contribution in [2.75, 3.05) is 6.54 Å². The van der Waals surface area contributed by atoms with Gasteiger partial charge in [0.25, 0.3) is 0 Å². The molecule has 0 atom stereocenters. The van der Waals surface area contributed by atoms with Crippen molar-refractivity contribution in [1.29, 1.82) is 0 Å². The summed E-state index contributed by atoms with van der Waals surface area (Å²) in [6.45, 7) is 10.2. The summed E-state index contributed by atoms with van der Waals surface area (Å²) in [5.41, 5.74) is 0. The van der Waals surface area contributed by atoms with Gasteiger partial charge in [0, 0.05) is 12.5 Å². The Balaban J connectivity index is 3.75. The van der Waals surface area contributed by atoms with Gasteiger partial charge in [0.1, 0.15) is 0 Å². The summed E-state index contributed by atoms with van der Waals surface area (Å²) in [5, 5.41) is 3.62. The molecule has 0 amide bonds. The average Bonchev–Trinajstić information content (AvgIpc) is 2.10. The number of hydrogen-bond acceptors (Lipinski definition) is 1. The summed E-state index contributed by atoms with van der Waals surface area (Å²) < 4.78 is 0. The predicted molar refractivity (Wildman–Crippen MR) is 68.8 cm³/mol. The molecule has 88 valence electrons. The Hall–Kier alpha value is -0.480. The third kappa shape index (κ3) is 9.82. The number of rotatable bonds is 8. The summed E-state index contributed by atoms with van der Waals surface area (Å²) in [7, 11) is 0. The molecule has 0 aliphatic heterocycles. The number of terminal acetylenes is 1. The van der Waals surface area contributed by atoms with E-state index < -0.39 is 0 Å². The Kier molecular flexibility index (Phi) is 8.52. The van der Waals surface area contributed by atoms with E-state index in [0.717, 1.165) is 31.2 Å². The molecule has 0 bridgehead atoms. The van der Waals surface area contributed by atoms with Gasteiger partial charge >= 0.3 is 0 Å². The normalized spacial score (nSPS) is 11.3. The van der Waals surface area contributed by atoms with Crippen molar-refractivity contribution in [3.8, 4) is 12.3 Å². The first kappa shape index (κ1) is 14.5. The van der Waals surface area contributed by atoms with Gasteiger partial charge in [-0.2, -0.15) is 0 Å². The van der Waals surface area contributed by atoms with Gasteiger partial charge in [-0.1, -0.05) is 27.7 Å². The fourth-order valence-corrected chi connectivity index (χ4v) is 1.90. The van der Waals surface area contributed by atoms with Crippen LogP contribution in [0, 0.1) is 24.2 Å². The number of unbranched alkanes of at least 4 members (excludes halogenated alkanes) is 1. The first-order valence-electron chi connectivity index (χ1n) is 6.23. The highest BCUT2D eigenvalue weighted by molar-refractivity contribution is 4.83. The van der Waals surface area contributed by atoms with Crippen molar-refractivity contribution >= 4 is 0 Å². The van der Waals surface area contributed by atoms with E-state index in [4.69, 9.17) is 6.42 Å². The van der Waals surface area contributed by atoms with Crippen LogP contribution in [0.25, 0.3) is 0 Å². The molecule has 0 aliphatic rings. The molecule has 1 nitrogen and oxygen atoms in total. The van der Waals surface area contributed by atoms with Gasteiger partial charge in [-0.3, -0.25) is 0 Å². The molecule has 0 saturated heterocycles. The summed E-state index contributed by atoms with van der Waals surface area (Å²) >= 11 is 0. The smallest absolute Gasteiger partial charge is 0.00981 e. The van der Waals surface area contributed by atoms with Crippen LogP contribution in [0.2, 0.25) is 0 Å². The lowest BCUT2D eigenvalue weighted by Gasteiger charge is -2.22. The van der Waals surface area contributed by atoms with Gasteiger partial charge in [-0.25, -0.2) is 0 Å². The van der Waals surface area contributed by atoms with Crippen LogP contribution in [0.4, 0.5) is 0 Å². The van der Waals surface area contributed by atoms with Crippen LogP contribution in [0.3, 0.4) is 0 Å². The standard InChI is InChI=1S/C14H27N/c1-6-7-8-9-15-14(10-12(2)3)11-13(4)5/h1,12-15H,7-11H2,2-5H3. The second-order valence-corrected chi connectivity index (χ2v) is 5.22. The van der Waals surface area contributed by atoms with E-state index in [1.165, 1.54) is 12.8 Å². The maximum Gasteiger partial charge on any atom is 0.00981 e. The van der Waals surface area contributed by atoms with E-state index in [9.17, 15) is 0 Å². The molecule has 0 saturated carbocycles. The summed E-state index contributed by atoms with van der Waals surface area (Å²) in [4.78, 5) is 0. The van der Waals surface area contributed by atoms with E-state index in [2.05, 4.69) is 38.9 Å². The molecule has 15 heavy (non-hydrogen) atoms. The summed E-state index contributed by atoms with van der Waals surface area (Å²) in [5.74, 6) is 4.23. The van der Waals surface area contributed by atoms with Gasteiger partial charge in [0.15, 0.2) is 0 Å². The molecule has 0 aromatic heterocycles. The lowest BCUT2D eigenvalue weighted by molar-refractivity contribution is 0.359. The Bertz CT molecular complexity index is 166. The zero-order chi connectivity index (χ0) is 11.7. The molecule has 0 heterocycles. The highest BCUT2D eigenvalue weighted by atomic mass is 14.9. The van der Waals surface area contributed by atoms with Crippen molar-refractivity contribution in [1.82, 2.24) is 5.32 Å². The molecule has 0 radical (unpaired) electrons. The molecule has 0 unspecified atom stereocenters. The quantitative estimate of drug-likeness (QED) is 0.477. The lowest BCUT2D eigenvalue weighted by Crippen LogP contribution is -2.32. The van der Waals surface area contributed by atoms with E-state index in [1.54, 1.807) is 0 Å². The first-order valence-corrected chi connectivity index (χ1v) is 6.23. The summed E-state index contributed by atoms with van der Waals surface area (Å²) in [6, 6.07) is 0.669. The van der Waals surface area contributed by atoms with Gasteiger partial charge < -0.3 is 5.32 Å². The van der Waals surface area contributed by atoms with Gasteiger partial charge in [0.05, 0.1) is 0 Å². The van der Waals surface area contributed by atoms with Crippen molar-refractivity contribution in [2.24, 2.45) is 11.8 Å². The topological polar surface area (TPSA) is 12.0 Å². The zero-order valence-corrected chi connectivity index (χ0v) is 10.8. The third-order valence-corrected chi connectivity index (χ3v) is 2.44. The van der Waals surface area contributed by atoms with E-state index in [0.29, 0.717) is 6.04 Å². The van der Waals surface area contributed by atoms with Gasteiger partial charge in [0.2, 0.25) is 0 Å².